The number of benzene rings is 3. The number of methoxy groups -OCH3 is 1. The van der Waals surface area contributed by atoms with Crippen molar-refractivity contribution in [1.82, 2.24) is 10.3 Å². The second-order valence-electron chi connectivity index (χ2n) is 13.6. The molecule has 0 bridgehead atoms. The van der Waals surface area contributed by atoms with E-state index in [1.54, 1.807) is 19.2 Å². The molecule has 1 aromatic heterocycles. The molecule has 2 aliphatic carbocycles. The number of phenols is 2. The zero-order valence-electron chi connectivity index (χ0n) is 28.1. The van der Waals surface area contributed by atoms with Crippen LogP contribution in [-0.4, -0.2) is 55.1 Å². The molecule has 10 heteroatoms. The van der Waals surface area contributed by atoms with Crippen LogP contribution in [0.2, 0.25) is 0 Å². The van der Waals surface area contributed by atoms with Gasteiger partial charge < -0.3 is 40.2 Å². The third kappa shape index (κ3) is 6.10. The first-order valence-corrected chi connectivity index (χ1v) is 16.9. The van der Waals surface area contributed by atoms with Crippen molar-refractivity contribution in [3.63, 3.8) is 0 Å². The average Bonchev–Trinajstić information content (AvgIpc) is 3.66. The van der Waals surface area contributed by atoms with Crippen molar-refractivity contribution in [2.45, 2.75) is 56.5 Å². The van der Waals surface area contributed by atoms with Gasteiger partial charge >= 0.3 is 5.97 Å². The predicted molar refractivity (Wildman–Crippen MR) is 185 cm³/mol. The number of rotatable bonds is 10. The number of aromatic hydroxyl groups is 2. The molecule has 1 spiro atoms. The predicted octanol–water partition coefficient (Wildman–Crippen LogP) is 5.97. The van der Waals surface area contributed by atoms with Crippen LogP contribution < -0.4 is 25.3 Å². The second-order valence-corrected chi connectivity index (χ2v) is 13.6. The summed E-state index contributed by atoms with van der Waals surface area (Å²) >= 11 is 0. The van der Waals surface area contributed by atoms with E-state index >= 15 is 0 Å². The Morgan fingerprint density at radius 3 is 2.73 bits per heavy atom. The number of aromatic nitrogens is 1. The van der Waals surface area contributed by atoms with Crippen molar-refractivity contribution in [3.8, 4) is 39.9 Å². The number of nitrogens with two attached hydrogens (primary N) is 1. The molecule has 10 nitrogen and oxygen atoms in total. The van der Waals surface area contributed by atoms with Gasteiger partial charge in [-0.2, -0.15) is 0 Å². The highest BCUT2D eigenvalue weighted by atomic mass is 16.5. The van der Waals surface area contributed by atoms with Crippen molar-refractivity contribution in [3.05, 3.63) is 88.6 Å². The number of nitrogens with zero attached hydrogens (tertiary/aromatic N) is 1. The first-order valence-electron chi connectivity index (χ1n) is 16.9. The van der Waals surface area contributed by atoms with Crippen molar-refractivity contribution < 1.29 is 34.0 Å². The fourth-order valence-corrected chi connectivity index (χ4v) is 8.30. The number of pyridine rings is 1. The summed E-state index contributed by atoms with van der Waals surface area (Å²) in [5, 5.41) is 24.4. The Hall–Kier alpha value is -4.96. The molecule has 0 amide bonds. The fourth-order valence-electron chi connectivity index (χ4n) is 8.30. The molecule has 7 rings (SSSR count). The van der Waals surface area contributed by atoms with Crippen LogP contribution in [0.3, 0.4) is 0 Å². The van der Waals surface area contributed by atoms with E-state index < -0.39 is 6.10 Å². The highest BCUT2D eigenvalue weighted by Crippen LogP contribution is 2.62. The van der Waals surface area contributed by atoms with Crippen LogP contribution in [0.4, 0.5) is 5.82 Å². The maximum absolute atomic E-state index is 12.1. The molecule has 4 aromatic rings. The summed E-state index contributed by atoms with van der Waals surface area (Å²) in [6, 6.07) is 16.9. The molecule has 1 saturated carbocycles. The van der Waals surface area contributed by atoms with Crippen LogP contribution >= 0.6 is 0 Å². The van der Waals surface area contributed by atoms with Crippen molar-refractivity contribution in [2.24, 2.45) is 5.92 Å². The van der Waals surface area contributed by atoms with Gasteiger partial charge in [-0.25, -0.2) is 4.98 Å². The van der Waals surface area contributed by atoms with E-state index in [1.165, 1.54) is 6.92 Å². The van der Waals surface area contributed by atoms with Gasteiger partial charge in [0.15, 0.2) is 11.5 Å². The van der Waals surface area contributed by atoms with Gasteiger partial charge in [0, 0.05) is 47.8 Å². The maximum Gasteiger partial charge on any atom is 0.302 e. The minimum Gasteiger partial charge on any atom is -0.508 e. The molecule has 4 atom stereocenters. The Morgan fingerprint density at radius 1 is 1.12 bits per heavy atom. The molecule has 5 N–H and O–H groups in total. The van der Waals surface area contributed by atoms with Crippen molar-refractivity contribution in [2.75, 3.05) is 39.6 Å². The molecule has 256 valence electrons. The molecule has 0 radical (unpaired) electrons. The van der Waals surface area contributed by atoms with E-state index in [0.29, 0.717) is 36.4 Å². The largest absolute Gasteiger partial charge is 0.508 e. The fraction of sp³-hybridized carbons (Fsp3) is 0.385. The minimum atomic E-state index is -0.494. The molecule has 2 heterocycles. The molecule has 4 unspecified atom stereocenters. The number of ether oxygens (including phenoxy) is 4. The standard InChI is InChI=1S/C39H43N3O7/c1-22(43)48-21-30-28-6-7-29-35-26(15-27(44)17-33(35)46-3)19-39(11-10-23(18-39)14-24-4-9-34(40)42-20-24)36(29)38(28)49-37(30)25-5-8-31(45)32(16-25)47-13-12-41-2/h4-9,15-17,20,23,30,37,41,44-45H,10-14,18-19,21H2,1-3H3,(H2,40,42). The van der Waals surface area contributed by atoms with Crippen LogP contribution in [0.5, 0.6) is 28.7 Å². The quantitative estimate of drug-likeness (QED) is 0.118. The van der Waals surface area contributed by atoms with Gasteiger partial charge in [-0.3, -0.25) is 4.79 Å². The topological polar surface area (TPSA) is 145 Å². The van der Waals surface area contributed by atoms with Gasteiger partial charge in [0.1, 0.15) is 42.4 Å². The van der Waals surface area contributed by atoms with E-state index in [1.807, 2.05) is 37.5 Å². The number of fused-ring (bicyclic) bond motifs is 6. The Bertz CT molecular complexity index is 1880. The lowest BCUT2D eigenvalue weighted by Gasteiger charge is -2.39. The van der Waals surface area contributed by atoms with Crippen LogP contribution in [0, 0.1) is 5.92 Å². The summed E-state index contributed by atoms with van der Waals surface area (Å²) in [5.74, 6) is 2.26. The average molecular weight is 666 g/mol. The molecule has 1 aliphatic heterocycles. The van der Waals surface area contributed by atoms with Gasteiger partial charge in [-0.15, -0.1) is 0 Å². The summed E-state index contributed by atoms with van der Waals surface area (Å²) in [6.45, 7) is 2.55. The smallest absolute Gasteiger partial charge is 0.302 e. The molecule has 49 heavy (non-hydrogen) atoms. The van der Waals surface area contributed by atoms with Gasteiger partial charge in [0.25, 0.3) is 0 Å². The van der Waals surface area contributed by atoms with Crippen LogP contribution in [0.1, 0.15) is 66.0 Å². The van der Waals surface area contributed by atoms with Crippen LogP contribution in [-0.2, 0) is 27.8 Å². The lowest BCUT2D eigenvalue weighted by atomic mass is 9.65. The van der Waals surface area contributed by atoms with Crippen molar-refractivity contribution >= 4 is 11.8 Å². The summed E-state index contributed by atoms with van der Waals surface area (Å²) < 4.78 is 24.5. The van der Waals surface area contributed by atoms with Crippen LogP contribution in [0.25, 0.3) is 11.1 Å². The minimum absolute atomic E-state index is 0.0449. The van der Waals surface area contributed by atoms with Gasteiger partial charge in [0.2, 0.25) is 0 Å². The van der Waals surface area contributed by atoms with E-state index in [2.05, 4.69) is 28.5 Å². The van der Waals surface area contributed by atoms with Gasteiger partial charge in [-0.1, -0.05) is 24.3 Å². The second kappa shape index (κ2) is 13.2. The summed E-state index contributed by atoms with van der Waals surface area (Å²) in [6.07, 6.45) is 5.86. The first kappa shape index (κ1) is 32.6. The Kier molecular flexibility index (Phi) is 8.75. The Labute approximate surface area is 286 Å². The van der Waals surface area contributed by atoms with Crippen LogP contribution in [0.15, 0.2) is 60.8 Å². The number of likely N-dealkylation sites (N-methyl/N-ethyl adjacent to an activating group) is 1. The van der Waals surface area contributed by atoms with Crippen molar-refractivity contribution in [1.29, 1.82) is 0 Å². The van der Waals surface area contributed by atoms with E-state index in [9.17, 15) is 15.0 Å². The van der Waals surface area contributed by atoms with E-state index in [4.69, 9.17) is 24.7 Å². The molecule has 0 saturated heterocycles. The third-order valence-corrected chi connectivity index (χ3v) is 10.4. The number of nitrogens with one attached hydrogen (secondary N) is 1. The van der Waals surface area contributed by atoms with E-state index in [0.717, 1.165) is 76.8 Å². The monoisotopic (exact) mass is 665 g/mol. The molecule has 1 fully saturated rings. The number of phenolic OH excluding ortho intramolecular Hbond substituents is 2. The summed E-state index contributed by atoms with van der Waals surface area (Å²) in [5.41, 5.74) is 12.7. The zero-order chi connectivity index (χ0) is 34.3. The first-order chi connectivity index (χ1) is 23.7. The number of hydrogen-bond donors (Lipinski definition) is 4. The van der Waals surface area contributed by atoms with Gasteiger partial charge in [0.05, 0.1) is 13.0 Å². The summed E-state index contributed by atoms with van der Waals surface area (Å²) in [4.78, 5) is 16.4. The number of carbonyl (C=O) groups excluding carboxylic acids is 1. The molecule has 3 aromatic carbocycles. The number of anilines is 1. The number of carbonyl (C=O) groups is 1. The Morgan fingerprint density at radius 2 is 1.98 bits per heavy atom. The van der Waals surface area contributed by atoms with Gasteiger partial charge in [-0.05, 0) is 91.6 Å². The normalized spacial score (nSPS) is 21.8. The maximum atomic E-state index is 12.1. The Balaban J connectivity index is 1.34. The molecule has 3 aliphatic rings. The SMILES string of the molecule is CNCCOc1cc(C2Oc3c(ccc4c3C3(CCC(Cc5ccc(N)nc5)C3)Cc3cc(O)cc(OC)c3-4)C2COC(C)=O)ccc1O. The lowest BCUT2D eigenvalue weighted by Crippen LogP contribution is -2.31. The number of hydrogen-bond acceptors (Lipinski definition) is 10. The highest BCUT2D eigenvalue weighted by molar-refractivity contribution is 5.84. The molecular weight excluding hydrogens is 622 g/mol. The van der Waals surface area contributed by atoms with E-state index in [-0.39, 0.29) is 35.4 Å². The third-order valence-electron chi connectivity index (χ3n) is 10.4. The zero-order valence-corrected chi connectivity index (χ0v) is 28.1. The summed E-state index contributed by atoms with van der Waals surface area (Å²) in [7, 11) is 3.47. The molecular formula is C39H43N3O7. The number of esters is 1. The lowest BCUT2D eigenvalue weighted by molar-refractivity contribution is -0.141. The highest BCUT2D eigenvalue weighted by Gasteiger charge is 2.50. The number of nitrogen functional groups attached to an aromatic ring is 1.